The highest BCUT2D eigenvalue weighted by molar-refractivity contribution is 6.10. The maximum atomic E-state index is 3.11. The Morgan fingerprint density at radius 2 is 1.44 bits per heavy atom. The van der Waals surface area contributed by atoms with Gasteiger partial charge in [0, 0.05) is 10.2 Å². The van der Waals surface area contributed by atoms with E-state index in [0.29, 0.717) is 0 Å². The van der Waals surface area contributed by atoms with E-state index in [1.807, 2.05) is 10.2 Å². The second kappa shape index (κ2) is 11.0. The Hall–Kier alpha value is 0.177. The van der Waals surface area contributed by atoms with Gasteiger partial charge in [-0.05, 0) is 13.1 Å². The van der Waals surface area contributed by atoms with E-state index in [1.165, 1.54) is 0 Å². The summed E-state index contributed by atoms with van der Waals surface area (Å²) in [4.78, 5) is 0. The monoisotopic (exact) mass is 146 g/mol. The lowest BCUT2D eigenvalue weighted by molar-refractivity contribution is 0.762. The van der Waals surface area contributed by atoms with Crippen LogP contribution in [0.2, 0.25) is 5.54 Å². The van der Waals surface area contributed by atoms with Crippen molar-refractivity contribution in [1.29, 1.82) is 0 Å². The van der Waals surface area contributed by atoms with Crippen LogP contribution in [-0.4, -0.2) is 23.3 Å². The van der Waals surface area contributed by atoms with Crippen molar-refractivity contribution in [2.75, 3.05) is 13.1 Å². The molecule has 0 unspecified atom stereocenters. The molecule has 1 nitrogen and oxygen atoms in total. The van der Waals surface area contributed by atoms with Crippen LogP contribution in [0.4, 0.5) is 0 Å². The van der Waals surface area contributed by atoms with Crippen LogP contribution in [0.5, 0.6) is 0 Å². The van der Waals surface area contributed by atoms with E-state index >= 15 is 0 Å². The topological polar surface area (TPSA) is 12.0 Å². The summed E-state index contributed by atoms with van der Waals surface area (Å²) in [5, 5.41) is 3.11. The van der Waals surface area contributed by atoms with Crippen LogP contribution in [0.15, 0.2) is 0 Å². The van der Waals surface area contributed by atoms with Gasteiger partial charge in [0.15, 0.2) is 0 Å². The number of hydrogen-bond donors (Lipinski definition) is 1. The van der Waals surface area contributed by atoms with Crippen molar-refractivity contribution in [3.8, 4) is 0 Å². The van der Waals surface area contributed by atoms with E-state index in [1.54, 1.807) is 0 Å². The molecule has 0 aliphatic rings. The summed E-state index contributed by atoms with van der Waals surface area (Å²) < 4.78 is 0. The molecule has 57 valence electrons. The highest BCUT2D eigenvalue weighted by atomic mass is 28.1. The van der Waals surface area contributed by atoms with E-state index in [4.69, 9.17) is 0 Å². The van der Waals surface area contributed by atoms with Crippen LogP contribution in [0.25, 0.3) is 0 Å². The maximum absolute atomic E-state index is 3.11. The average Bonchev–Trinajstić information content (AvgIpc) is 1.66. The van der Waals surface area contributed by atoms with Gasteiger partial charge in [-0.25, -0.2) is 0 Å². The summed E-state index contributed by atoms with van der Waals surface area (Å²) >= 11 is 0. The van der Waals surface area contributed by atoms with Crippen molar-refractivity contribution < 1.29 is 0 Å². The lowest BCUT2D eigenvalue weighted by atomic mass is 10.6. The van der Waals surface area contributed by atoms with E-state index in [0.717, 1.165) is 18.6 Å². The van der Waals surface area contributed by atoms with Crippen LogP contribution in [0.3, 0.4) is 0 Å². The van der Waals surface area contributed by atoms with Crippen molar-refractivity contribution in [2.45, 2.75) is 33.2 Å². The first-order valence-corrected chi connectivity index (χ1v) is 4.50. The molecule has 0 fully saturated rings. The Labute approximate surface area is 62.7 Å². The zero-order chi connectivity index (χ0) is 7.70. The molecule has 0 bridgehead atoms. The zero-order valence-electron chi connectivity index (χ0n) is 7.20. The standard InChI is InChI=1S/C4H11N.C3H9Si/c1-3-5-4-2;1-3(2)4/h5H,3-4H2,1-2H3;3H,4H2,1-2H3. The summed E-state index contributed by atoms with van der Waals surface area (Å²) in [7, 11) is 2.00. The summed E-state index contributed by atoms with van der Waals surface area (Å²) in [5.74, 6) is 0. The molecule has 0 rings (SSSR count). The van der Waals surface area contributed by atoms with Gasteiger partial charge in [0.2, 0.25) is 0 Å². The molecule has 0 aromatic rings. The minimum Gasteiger partial charge on any atom is -0.317 e. The van der Waals surface area contributed by atoms with E-state index in [2.05, 4.69) is 33.0 Å². The smallest absolute Gasteiger partial charge is 0.0114 e. The van der Waals surface area contributed by atoms with Gasteiger partial charge in [-0.1, -0.05) is 33.2 Å². The molecule has 0 heterocycles. The SMILES string of the molecule is CC(C)[SiH2].CCNCC. The van der Waals surface area contributed by atoms with E-state index < -0.39 is 0 Å². The Morgan fingerprint density at radius 3 is 1.44 bits per heavy atom. The fraction of sp³-hybridized carbons (Fsp3) is 1.00. The number of rotatable bonds is 2. The molecule has 0 aromatic heterocycles. The summed E-state index contributed by atoms with van der Waals surface area (Å²) in [5.41, 5.74) is 0.861. The summed E-state index contributed by atoms with van der Waals surface area (Å²) in [6.07, 6.45) is 0. The van der Waals surface area contributed by atoms with Crippen molar-refractivity contribution in [3.63, 3.8) is 0 Å². The molecule has 0 spiro atoms. The molecule has 0 saturated carbocycles. The van der Waals surface area contributed by atoms with Gasteiger partial charge in [-0.2, -0.15) is 0 Å². The van der Waals surface area contributed by atoms with Gasteiger partial charge in [0.25, 0.3) is 0 Å². The second-order valence-corrected chi connectivity index (χ2v) is 3.98. The average molecular weight is 146 g/mol. The Kier molecular flexibility index (Phi) is 14.6. The highest BCUT2D eigenvalue weighted by Gasteiger charge is 1.68. The van der Waals surface area contributed by atoms with Crippen LogP contribution < -0.4 is 5.32 Å². The van der Waals surface area contributed by atoms with Crippen molar-refractivity contribution in [2.24, 2.45) is 0 Å². The molecule has 1 radical (unpaired) electrons. The predicted molar refractivity (Wildman–Crippen MR) is 47.9 cm³/mol. The minimum atomic E-state index is 0.861. The first-order valence-electron chi connectivity index (χ1n) is 3.68. The molecular weight excluding hydrogens is 126 g/mol. The maximum Gasteiger partial charge on any atom is 0.0114 e. The highest BCUT2D eigenvalue weighted by Crippen LogP contribution is 1.84. The second-order valence-electron chi connectivity index (χ2n) is 2.35. The number of hydrogen-bond acceptors (Lipinski definition) is 1. The van der Waals surface area contributed by atoms with Gasteiger partial charge in [0.1, 0.15) is 0 Å². The Bertz CT molecular complexity index is 33.1. The first-order chi connectivity index (χ1) is 4.15. The fourth-order valence-electron chi connectivity index (χ4n) is 0.250. The number of nitrogens with one attached hydrogen (secondary N) is 1. The predicted octanol–water partition coefficient (Wildman–Crippen LogP) is 1.06. The van der Waals surface area contributed by atoms with Gasteiger partial charge in [-0.15, -0.1) is 0 Å². The largest absolute Gasteiger partial charge is 0.317 e. The zero-order valence-corrected chi connectivity index (χ0v) is 8.61. The molecular formula is C7H20NSi. The lowest BCUT2D eigenvalue weighted by Crippen LogP contribution is -2.09. The van der Waals surface area contributed by atoms with Crippen molar-refractivity contribution >= 4 is 10.2 Å². The van der Waals surface area contributed by atoms with Crippen molar-refractivity contribution in [3.05, 3.63) is 0 Å². The molecule has 0 amide bonds. The molecule has 2 heteroatoms. The molecule has 0 aromatic carbocycles. The third-order valence-corrected chi connectivity index (χ3v) is 0.500. The van der Waals surface area contributed by atoms with Crippen molar-refractivity contribution in [1.82, 2.24) is 5.32 Å². The first kappa shape index (κ1) is 11.9. The molecule has 9 heavy (non-hydrogen) atoms. The normalized spacial score (nSPS) is 8.67. The quantitative estimate of drug-likeness (QED) is 0.575. The van der Waals surface area contributed by atoms with Gasteiger partial charge in [-0.3, -0.25) is 0 Å². The van der Waals surface area contributed by atoms with Gasteiger partial charge < -0.3 is 5.32 Å². The third kappa shape index (κ3) is 65.8. The fourth-order valence-corrected chi connectivity index (χ4v) is 0.250. The Morgan fingerprint density at radius 1 is 1.22 bits per heavy atom. The van der Waals surface area contributed by atoms with Gasteiger partial charge >= 0.3 is 0 Å². The molecule has 0 saturated heterocycles. The van der Waals surface area contributed by atoms with E-state index in [9.17, 15) is 0 Å². The van der Waals surface area contributed by atoms with Gasteiger partial charge in [0.05, 0.1) is 0 Å². The minimum absolute atomic E-state index is 0.861. The molecule has 0 aliphatic carbocycles. The summed E-state index contributed by atoms with van der Waals surface area (Å²) in [6, 6.07) is 0. The molecule has 0 aliphatic heterocycles. The molecule has 0 atom stereocenters. The van der Waals surface area contributed by atoms with Crippen LogP contribution in [-0.2, 0) is 0 Å². The lowest BCUT2D eigenvalue weighted by Gasteiger charge is -1.86. The van der Waals surface area contributed by atoms with Crippen LogP contribution >= 0.6 is 0 Å². The Balaban J connectivity index is 0. The van der Waals surface area contributed by atoms with Crippen LogP contribution in [0, 0.1) is 0 Å². The van der Waals surface area contributed by atoms with E-state index in [-0.39, 0.29) is 0 Å². The summed E-state index contributed by atoms with van der Waals surface area (Å²) in [6.45, 7) is 10.7. The molecule has 1 N–H and O–H groups in total. The van der Waals surface area contributed by atoms with Crippen LogP contribution in [0.1, 0.15) is 27.7 Å². The third-order valence-electron chi connectivity index (χ3n) is 0.500.